The van der Waals surface area contributed by atoms with Crippen LogP contribution in [0.1, 0.15) is 11.4 Å². The van der Waals surface area contributed by atoms with E-state index in [0.29, 0.717) is 0 Å². The summed E-state index contributed by atoms with van der Waals surface area (Å²) in [6.45, 7) is 4.94. The number of aryl methyl sites for hydroxylation is 1. The Morgan fingerprint density at radius 3 is 2.09 bits per heavy atom. The highest BCUT2D eigenvalue weighted by Crippen LogP contribution is 2.31. The van der Waals surface area contributed by atoms with E-state index in [1.807, 2.05) is 6.92 Å². The van der Waals surface area contributed by atoms with Crippen LogP contribution in [0.5, 0.6) is 0 Å². The van der Waals surface area contributed by atoms with Gasteiger partial charge >= 0.3 is 6.18 Å². The van der Waals surface area contributed by atoms with Crippen molar-refractivity contribution in [1.82, 2.24) is 9.36 Å². The largest absolute Gasteiger partial charge is 0.416 e. The summed E-state index contributed by atoms with van der Waals surface area (Å²) in [5.41, 5.74) is 0.209. The van der Waals surface area contributed by atoms with Crippen molar-refractivity contribution in [2.24, 2.45) is 0 Å². The fourth-order valence-electron chi connectivity index (χ4n) is 2.43. The normalized spacial score (nSPS) is 16.2. The highest BCUT2D eigenvalue weighted by atomic mass is 32.1. The monoisotopic (exact) mass is 328 g/mol. The van der Waals surface area contributed by atoms with Crippen LogP contribution in [0.15, 0.2) is 24.3 Å². The van der Waals surface area contributed by atoms with Crippen molar-refractivity contribution >= 4 is 22.4 Å². The first kappa shape index (κ1) is 15.1. The summed E-state index contributed by atoms with van der Waals surface area (Å²) in [6, 6.07) is 5.34. The molecule has 1 aliphatic heterocycles. The molecule has 118 valence electrons. The molecule has 0 spiro atoms. The van der Waals surface area contributed by atoms with Crippen LogP contribution >= 0.6 is 11.5 Å². The molecule has 22 heavy (non-hydrogen) atoms. The topological polar surface area (TPSA) is 32.3 Å². The van der Waals surface area contributed by atoms with Crippen LogP contribution in [-0.4, -0.2) is 35.5 Å². The smallest absolute Gasteiger partial charge is 0.368 e. The maximum Gasteiger partial charge on any atom is 0.416 e. The zero-order chi connectivity index (χ0) is 15.7. The first-order valence-electron chi connectivity index (χ1n) is 6.91. The fraction of sp³-hybridized carbons (Fsp3) is 0.429. The second-order valence-electron chi connectivity index (χ2n) is 5.14. The number of piperazine rings is 1. The summed E-state index contributed by atoms with van der Waals surface area (Å²) in [4.78, 5) is 8.61. The SMILES string of the molecule is Cc1nsc(N2CCN(c3ccc(C(F)(F)F)cc3)CC2)n1. The molecule has 0 radical (unpaired) electrons. The molecule has 0 saturated carbocycles. The van der Waals surface area contributed by atoms with Gasteiger partial charge in [0.05, 0.1) is 5.56 Å². The molecule has 1 aliphatic rings. The third kappa shape index (κ3) is 3.16. The van der Waals surface area contributed by atoms with Gasteiger partial charge in [-0.2, -0.15) is 17.5 Å². The van der Waals surface area contributed by atoms with Gasteiger partial charge in [0.2, 0.25) is 5.13 Å². The molecule has 8 heteroatoms. The van der Waals surface area contributed by atoms with Gasteiger partial charge in [0.15, 0.2) is 0 Å². The molecule has 0 atom stereocenters. The maximum absolute atomic E-state index is 12.6. The van der Waals surface area contributed by atoms with Crippen molar-refractivity contribution in [3.63, 3.8) is 0 Å². The number of hydrogen-bond acceptors (Lipinski definition) is 5. The van der Waals surface area contributed by atoms with E-state index < -0.39 is 11.7 Å². The Morgan fingerprint density at radius 2 is 1.59 bits per heavy atom. The maximum atomic E-state index is 12.6. The van der Waals surface area contributed by atoms with Crippen molar-refractivity contribution in [1.29, 1.82) is 0 Å². The second kappa shape index (κ2) is 5.75. The Hall–Kier alpha value is -1.83. The second-order valence-corrected chi connectivity index (χ2v) is 5.87. The molecular formula is C14H15F3N4S. The predicted octanol–water partition coefficient (Wildman–Crippen LogP) is 3.19. The van der Waals surface area contributed by atoms with E-state index in [1.54, 1.807) is 0 Å². The lowest BCUT2D eigenvalue weighted by Gasteiger charge is -2.35. The lowest BCUT2D eigenvalue weighted by molar-refractivity contribution is -0.137. The Kier molecular flexibility index (Phi) is 3.94. The molecule has 4 nitrogen and oxygen atoms in total. The Labute approximate surface area is 130 Å². The van der Waals surface area contributed by atoms with Crippen LogP contribution in [0, 0.1) is 6.92 Å². The van der Waals surface area contributed by atoms with Gasteiger partial charge in [0, 0.05) is 43.4 Å². The standard InChI is InChI=1S/C14H15F3N4S/c1-10-18-13(22-19-10)21-8-6-20(7-9-21)12-4-2-11(3-5-12)14(15,16)17/h2-5H,6-9H2,1H3. The van der Waals surface area contributed by atoms with Crippen molar-refractivity contribution in [3.8, 4) is 0 Å². The summed E-state index contributed by atoms with van der Waals surface area (Å²) in [5, 5.41) is 0.907. The first-order valence-corrected chi connectivity index (χ1v) is 7.68. The molecule has 2 aromatic rings. The van der Waals surface area contributed by atoms with E-state index in [1.165, 1.54) is 23.7 Å². The zero-order valence-electron chi connectivity index (χ0n) is 12.0. The molecule has 0 aliphatic carbocycles. The number of benzene rings is 1. The average Bonchev–Trinajstić information content (AvgIpc) is 2.93. The summed E-state index contributed by atoms with van der Waals surface area (Å²) in [7, 11) is 0. The molecule has 1 aromatic carbocycles. The van der Waals surface area contributed by atoms with E-state index in [4.69, 9.17) is 0 Å². The van der Waals surface area contributed by atoms with E-state index in [-0.39, 0.29) is 0 Å². The van der Waals surface area contributed by atoms with E-state index in [2.05, 4.69) is 19.2 Å². The Balaban J connectivity index is 1.64. The molecule has 3 rings (SSSR count). The number of rotatable bonds is 2. The van der Waals surface area contributed by atoms with Crippen molar-refractivity contribution in [3.05, 3.63) is 35.7 Å². The summed E-state index contributed by atoms with van der Waals surface area (Å²) in [5.74, 6) is 0.769. The molecule has 0 amide bonds. The molecule has 0 unspecified atom stereocenters. The Morgan fingerprint density at radius 1 is 1.00 bits per heavy atom. The summed E-state index contributed by atoms with van der Waals surface area (Å²) < 4.78 is 41.9. The van der Waals surface area contributed by atoms with E-state index in [9.17, 15) is 13.2 Å². The van der Waals surface area contributed by atoms with Gasteiger partial charge in [0.1, 0.15) is 5.82 Å². The van der Waals surface area contributed by atoms with Crippen molar-refractivity contribution in [2.45, 2.75) is 13.1 Å². The minimum atomic E-state index is -4.28. The number of aromatic nitrogens is 2. The first-order chi connectivity index (χ1) is 10.4. The van der Waals surface area contributed by atoms with Crippen LogP contribution < -0.4 is 9.80 Å². The predicted molar refractivity (Wildman–Crippen MR) is 80.5 cm³/mol. The van der Waals surface area contributed by atoms with Crippen molar-refractivity contribution < 1.29 is 13.2 Å². The quantitative estimate of drug-likeness (QED) is 0.847. The fourth-order valence-corrected chi connectivity index (χ4v) is 3.16. The molecule has 1 aromatic heterocycles. The number of hydrogen-bond donors (Lipinski definition) is 0. The molecule has 1 saturated heterocycles. The molecule has 0 bridgehead atoms. The third-order valence-corrected chi connectivity index (χ3v) is 4.50. The van der Waals surface area contributed by atoms with Gasteiger partial charge in [-0.05, 0) is 31.2 Å². The van der Waals surface area contributed by atoms with Gasteiger partial charge in [-0.1, -0.05) is 0 Å². The lowest BCUT2D eigenvalue weighted by atomic mass is 10.1. The molecule has 0 N–H and O–H groups in total. The van der Waals surface area contributed by atoms with Gasteiger partial charge in [-0.15, -0.1) is 0 Å². The number of anilines is 2. The molecule has 1 fully saturated rings. The van der Waals surface area contributed by atoms with E-state index in [0.717, 1.165) is 55.0 Å². The van der Waals surface area contributed by atoms with Gasteiger partial charge in [-0.3, -0.25) is 0 Å². The minimum absolute atomic E-state index is 0.612. The van der Waals surface area contributed by atoms with Crippen LogP contribution in [0.2, 0.25) is 0 Å². The van der Waals surface area contributed by atoms with Gasteiger partial charge in [-0.25, -0.2) is 4.98 Å². The molecular weight excluding hydrogens is 313 g/mol. The summed E-state index contributed by atoms with van der Waals surface area (Å²) >= 11 is 1.38. The number of alkyl halides is 3. The third-order valence-electron chi connectivity index (χ3n) is 3.63. The molecule has 2 heterocycles. The minimum Gasteiger partial charge on any atom is -0.368 e. The Bertz CT molecular complexity index is 630. The lowest BCUT2D eigenvalue weighted by Crippen LogP contribution is -2.46. The van der Waals surface area contributed by atoms with Crippen LogP contribution in [-0.2, 0) is 6.18 Å². The van der Waals surface area contributed by atoms with Crippen LogP contribution in [0.4, 0.5) is 24.0 Å². The van der Waals surface area contributed by atoms with Gasteiger partial charge < -0.3 is 9.80 Å². The summed E-state index contributed by atoms with van der Waals surface area (Å²) in [6.07, 6.45) is -4.28. The van der Waals surface area contributed by atoms with Crippen LogP contribution in [0.3, 0.4) is 0 Å². The van der Waals surface area contributed by atoms with Gasteiger partial charge in [0.25, 0.3) is 0 Å². The van der Waals surface area contributed by atoms with Crippen molar-refractivity contribution in [2.75, 3.05) is 36.0 Å². The average molecular weight is 328 g/mol. The highest BCUT2D eigenvalue weighted by Gasteiger charge is 2.30. The highest BCUT2D eigenvalue weighted by molar-refractivity contribution is 7.09. The van der Waals surface area contributed by atoms with Crippen LogP contribution in [0.25, 0.3) is 0 Å². The number of halogens is 3. The zero-order valence-corrected chi connectivity index (χ0v) is 12.8. The number of nitrogens with zero attached hydrogens (tertiary/aromatic N) is 4. The van der Waals surface area contributed by atoms with E-state index >= 15 is 0 Å².